The van der Waals surface area contributed by atoms with E-state index in [1.54, 1.807) is 0 Å². The molecule has 0 radical (unpaired) electrons. The first-order valence-corrected chi connectivity index (χ1v) is 9.02. The summed E-state index contributed by atoms with van der Waals surface area (Å²) in [5, 5.41) is 3.76. The lowest BCUT2D eigenvalue weighted by Crippen LogP contribution is -2.57. The van der Waals surface area contributed by atoms with Crippen LogP contribution in [0.25, 0.3) is 0 Å². The molecule has 0 aromatic heterocycles. The van der Waals surface area contributed by atoms with E-state index in [1.165, 1.54) is 51.5 Å². The number of nitrogens with zero attached hydrogens (tertiary/aromatic N) is 1. The van der Waals surface area contributed by atoms with Crippen LogP contribution in [0.3, 0.4) is 0 Å². The molecule has 4 aliphatic rings. The quantitative estimate of drug-likeness (QED) is 0.838. The van der Waals surface area contributed by atoms with Crippen LogP contribution in [-0.2, 0) is 9.47 Å². The lowest BCUT2D eigenvalue weighted by Gasteiger charge is -2.47. The molecule has 4 rings (SSSR count). The zero-order chi connectivity index (χ0) is 14.1. The van der Waals surface area contributed by atoms with Crippen molar-refractivity contribution in [1.29, 1.82) is 0 Å². The van der Waals surface area contributed by atoms with Crippen LogP contribution in [-0.4, -0.2) is 62.5 Å². The molecule has 4 nitrogen and oxygen atoms in total. The Bertz CT molecular complexity index is 351. The van der Waals surface area contributed by atoms with Gasteiger partial charge in [-0.1, -0.05) is 12.8 Å². The first-order chi connectivity index (χ1) is 10.3. The third kappa shape index (κ3) is 3.29. The van der Waals surface area contributed by atoms with Crippen molar-refractivity contribution in [3.8, 4) is 0 Å². The van der Waals surface area contributed by atoms with Crippen LogP contribution in [0.5, 0.6) is 0 Å². The highest BCUT2D eigenvalue weighted by atomic mass is 16.5. The lowest BCUT2D eigenvalue weighted by atomic mass is 9.83. The molecular formula is C17H30N2O2. The second-order valence-corrected chi connectivity index (χ2v) is 7.69. The van der Waals surface area contributed by atoms with Crippen LogP contribution in [0, 0.1) is 5.41 Å². The van der Waals surface area contributed by atoms with Gasteiger partial charge in [-0.15, -0.1) is 0 Å². The first-order valence-electron chi connectivity index (χ1n) is 9.02. The number of hydrogen-bond donors (Lipinski definition) is 1. The average Bonchev–Trinajstić information content (AvgIpc) is 3.25. The number of fused-ring (bicyclic) bond motifs is 1. The van der Waals surface area contributed by atoms with Crippen molar-refractivity contribution in [2.45, 2.75) is 63.1 Å². The third-order valence-corrected chi connectivity index (χ3v) is 5.91. The summed E-state index contributed by atoms with van der Waals surface area (Å²) in [4.78, 5) is 2.75. The molecule has 0 bridgehead atoms. The summed E-state index contributed by atoms with van der Waals surface area (Å²) in [5.74, 6) is 0. The number of rotatable bonds is 5. The highest BCUT2D eigenvalue weighted by Gasteiger charge is 2.42. The summed E-state index contributed by atoms with van der Waals surface area (Å²) in [6.45, 7) is 6.29. The van der Waals surface area contributed by atoms with E-state index in [0.29, 0.717) is 17.6 Å². The number of morpholine rings is 1. The molecule has 0 spiro atoms. The Balaban J connectivity index is 1.41. The summed E-state index contributed by atoms with van der Waals surface area (Å²) in [7, 11) is 0. The molecule has 120 valence electrons. The molecule has 4 heteroatoms. The molecule has 0 aromatic rings. The smallest absolute Gasteiger partial charge is 0.0730 e. The van der Waals surface area contributed by atoms with Crippen LogP contribution in [0.15, 0.2) is 0 Å². The largest absolute Gasteiger partial charge is 0.381 e. The molecule has 1 N–H and O–H groups in total. The predicted octanol–water partition coefficient (Wildman–Crippen LogP) is 1.79. The molecule has 2 saturated heterocycles. The van der Waals surface area contributed by atoms with E-state index < -0.39 is 0 Å². The summed E-state index contributed by atoms with van der Waals surface area (Å²) in [5.41, 5.74) is 0.349. The summed E-state index contributed by atoms with van der Waals surface area (Å²) < 4.78 is 11.8. The number of ether oxygens (including phenoxy) is 2. The zero-order valence-electron chi connectivity index (χ0n) is 13.2. The van der Waals surface area contributed by atoms with Gasteiger partial charge < -0.3 is 14.8 Å². The van der Waals surface area contributed by atoms with Gasteiger partial charge in [0, 0.05) is 43.7 Å². The standard InChI is InChI=1S/C17H30N2O2/c1-2-4-16-15(3-1)19(8-10-21-16)12-17(7-9-20-13-17)11-18-14-5-6-14/h14-16,18H,1-13H2. The Morgan fingerprint density at radius 3 is 2.81 bits per heavy atom. The first kappa shape index (κ1) is 14.4. The molecule has 3 atom stereocenters. The summed E-state index contributed by atoms with van der Waals surface area (Å²) >= 11 is 0. The minimum atomic E-state index is 0.349. The van der Waals surface area contributed by atoms with Gasteiger partial charge in [-0.2, -0.15) is 0 Å². The van der Waals surface area contributed by atoms with Crippen LogP contribution in [0.1, 0.15) is 44.9 Å². The minimum absolute atomic E-state index is 0.349. The Morgan fingerprint density at radius 1 is 1.10 bits per heavy atom. The maximum Gasteiger partial charge on any atom is 0.0730 e. The fourth-order valence-electron chi connectivity index (χ4n) is 4.42. The van der Waals surface area contributed by atoms with Gasteiger partial charge in [-0.05, 0) is 32.1 Å². The van der Waals surface area contributed by atoms with Crippen molar-refractivity contribution in [2.24, 2.45) is 5.41 Å². The average molecular weight is 294 g/mol. The van der Waals surface area contributed by atoms with E-state index >= 15 is 0 Å². The van der Waals surface area contributed by atoms with Crippen LogP contribution < -0.4 is 5.32 Å². The van der Waals surface area contributed by atoms with Gasteiger partial charge in [0.25, 0.3) is 0 Å². The Hall–Kier alpha value is -0.160. The molecule has 0 amide bonds. The molecule has 2 aliphatic carbocycles. The highest BCUT2D eigenvalue weighted by Crippen LogP contribution is 2.35. The van der Waals surface area contributed by atoms with Crippen LogP contribution in [0.2, 0.25) is 0 Å². The van der Waals surface area contributed by atoms with Crippen LogP contribution >= 0.6 is 0 Å². The summed E-state index contributed by atoms with van der Waals surface area (Å²) in [6.07, 6.45) is 9.81. The molecule has 0 aromatic carbocycles. The number of nitrogens with one attached hydrogen (secondary N) is 1. The van der Waals surface area contributed by atoms with Gasteiger partial charge in [-0.3, -0.25) is 4.90 Å². The second kappa shape index (κ2) is 6.15. The van der Waals surface area contributed by atoms with Crippen LogP contribution in [0.4, 0.5) is 0 Å². The van der Waals surface area contributed by atoms with E-state index in [2.05, 4.69) is 10.2 Å². The van der Waals surface area contributed by atoms with Crippen molar-refractivity contribution in [3.63, 3.8) is 0 Å². The molecule has 2 saturated carbocycles. The fourth-order valence-corrected chi connectivity index (χ4v) is 4.42. The van der Waals surface area contributed by atoms with Gasteiger partial charge >= 0.3 is 0 Å². The Kier molecular flexibility index (Phi) is 4.23. The van der Waals surface area contributed by atoms with E-state index in [4.69, 9.17) is 9.47 Å². The van der Waals surface area contributed by atoms with E-state index in [0.717, 1.165) is 39.0 Å². The van der Waals surface area contributed by atoms with E-state index in [1.807, 2.05) is 0 Å². The molecule has 2 heterocycles. The summed E-state index contributed by atoms with van der Waals surface area (Å²) in [6, 6.07) is 1.47. The van der Waals surface area contributed by atoms with Gasteiger partial charge in [-0.25, -0.2) is 0 Å². The van der Waals surface area contributed by atoms with Crippen molar-refractivity contribution >= 4 is 0 Å². The van der Waals surface area contributed by atoms with E-state index in [-0.39, 0.29) is 0 Å². The van der Waals surface area contributed by atoms with Gasteiger partial charge in [0.2, 0.25) is 0 Å². The Morgan fingerprint density at radius 2 is 2.00 bits per heavy atom. The normalized spacial score (nSPS) is 41.1. The van der Waals surface area contributed by atoms with E-state index in [9.17, 15) is 0 Å². The zero-order valence-corrected chi connectivity index (χ0v) is 13.2. The van der Waals surface area contributed by atoms with Crippen molar-refractivity contribution in [2.75, 3.05) is 39.5 Å². The monoisotopic (exact) mass is 294 g/mol. The molecule has 21 heavy (non-hydrogen) atoms. The molecular weight excluding hydrogens is 264 g/mol. The second-order valence-electron chi connectivity index (χ2n) is 7.69. The predicted molar refractivity (Wildman–Crippen MR) is 82.5 cm³/mol. The maximum absolute atomic E-state index is 6.03. The third-order valence-electron chi connectivity index (χ3n) is 5.91. The van der Waals surface area contributed by atoms with Gasteiger partial charge in [0.05, 0.1) is 19.3 Å². The highest BCUT2D eigenvalue weighted by molar-refractivity contribution is 4.95. The fraction of sp³-hybridized carbons (Fsp3) is 1.00. The van der Waals surface area contributed by atoms with Crippen molar-refractivity contribution in [3.05, 3.63) is 0 Å². The molecule has 3 unspecified atom stereocenters. The SMILES string of the molecule is C1CCC2C(C1)OCCN2CC1(CNC2CC2)CCOC1. The number of hydrogen-bond acceptors (Lipinski definition) is 4. The minimum Gasteiger partial charge on any atom is -0.381 e. The maximum atomic E-state index is 6.03. The molecule has 4 fully saturated rings. The molecule has 2 aliphatic heterocycles. The van der Waals surface area contributed by atoms with Gasteiger partial charge in [0.1, 0.15) is 0 Å². The Labute approximate surface area is 128 Å². The van der Waals surface area contributed by atoms with Gasteiger partial charge in [0.15, 0.2) is 0 Å². The van der Waals surface area contributed by atoms with Crippen molar-refractivity contribution < 1.29 is 9.47 Å². The lowest BCUT2D eigenvalue weighted by molar-refractivity contribution is -0.0990. The topological polar surface area (TPSA) is 33.7 Å². The van der Waals surface area contributed by atoms with Crippen molar-refractivity contribution in [1.82, 2.24) is 10.2 Å².